The lowest BCUT2D eigenvalue weighted by Crippen LogP contribution is -2.10. The standard InChI is InChI=1S/C14H16ClN3O/c1-3-11-14(15)12(18(4-2)17-11)9-13(19)10-5-7-16-8-6-10/h5-8H,3-4,9H2,1-2H3. The minimum Gasteiger partial charge on any atom is -0.294 e. The third-order valence-electron chi connectivity index (χ3n) is 3.02. The lowest BCUT2D eigenvalue weighted by atomic mass is 10.1. The second kappa shape index (κ2) is 5.97. The number of aromatic nitrogens is 3. The molecule has 19 heavy (non-hydrogen) atoms. The van der Waals surface area contributed by atoms with Crippen LogP contribution in [-0.2, 0) is 19.4 Å². The highest BCUT2D eigenvalue weighted by molar-refractivity contribution is 6.32. The van der Waals surface area contributed by atoms with E-state index in [9.17, 15) is 4.79 Å². The number of nitrogens with zero attached hydrogens (tertiary/aromatic N) is 3. The first-order chi connectivity index (χ1) is 9.17. The van der Waals surface area contributed by atoms with Crippen LogP contribution in [0.2, 0.25) is 5.02 Å². The van der Waals surface area contributed by atoms with Crippen LogP contribution in [0.15, 0.2) is 24.5 Å². The zero-order valence-electron chi connectivity index (χ0n) is 11.1. The highest BCUT2D eigenvalue weighted by Gasteiger charge is 2.17. The molecule has 0 aliphatic rings. The second-order valence-electron chi connectivity index (χ2n) is 4.21. The molecule has 0 atom stereocenters. The van der Waals surface area contributed by atoms with Crippen LogP contribution in [0, 0.1) is 0 Å². The van der Waals surface area contributed by atoms with Crippen LogP contribution < -0.4 is 0 Å². The van der Waals surface area contributed by atoms with E-state index >= 15 is 0 Å². The first-order valence-corrected chi connectivity index (χ1v) is 6.72. The summed E-state index contributed by atoms with van der Waals surface area (Å²) in [5, 5.41) is 5.03. The van der Waals surface area contributed by atoms with Crippen molar-refractivity contribution in [3.05, 3.63) is 46.5 Å². The third kappa shape index (κ3) is 2.84. The van der Waals surface area contributed by atoms with E-state index in [0.29, 0.717) is 17.1 Å². The molecule has 0 fully saturated rings. The van der Waals surface area contributed by atoms with Gasteiger partial charge in [-0.3, -0.25) is 14.5 Å². The molecule has 2 aromatic heterocycles. The quantitative estimate of drug-likeness (QED) is 0.790. The van der Waals surface area contributed by atoms with Gasteiger partial charge < -0.3 is 0 Å². The van der Waals surface area contributed by atoms with Crippen LogP contribution in [-0.4, -0.2) is 20.5 Å². The van der Waals surface area contributed by atoms with Crippen LogP contribution >= 0.6 is 11.6 Å². The summed E-state index contributed by atoms with van der Waals surface area (Å²) < 4.78 is 1.81. The summed E-state index contributed by atoms with van der Waals surface area (Å²) in [5.74, 6) is 0.0292. The van der Waals surface area contributed by atoms with Gasteiger partial charge in [-0.05, 0) is 25.5 Å². The van der Waals surface area contributed by atoms with E-state index in [1.165, 1.54) is 0 Å². The van der Waals surface area contributed by atoms with Gasteiger partial charge in [0.25, 0.3) is 0 Å². The number of aryl methyl sites for hydroxylation is 2. The van der Waals surface area contributed by atoms with Gasteiger partial charge in [0, 0.05) is 24.5 Å². The molecule has 0 aliphatic heterocycles. The fourth-order valence-electron chi connectivity index (χ4n) is 1.98. The van der Waals surface area contributed by atoms with Crippen molar-refractivity contribution in [1.29, 1.82) is 0 Å². The normalized spacial score (nSPS) is 10.7. The van der Waals surface area contributed by atoms with Crippen LogP contribution in [0.4, 0.5) is 0 Å². The molecule has 0 radical (unpaired) electrons. The molecule has 0 bridgehead atoms. The van der Waals surface area contributed by atoms with Gasteiger partial charge in [-0.25, -0.2) is 0 Å². The average molecular weight is 278 g/mol. The molecule has 0 saturated carbocycles. The molecule has 0 amide bonds. The highest BCUT2D eigenvalue weighted by atomic mass is 35.5. The lowest BCUT2D eigenvalue weighted by molar-refractivity contribution is 0.0990. The first kappa shape index (κ1) is 13.7. The number of hydrogen-bond donors (Lipinski definition) is 0. The van der Waals surface area contributed by atoms with E-state index in [-0.39, 0.29) is 12.2 Å². The Kier molecular flexibility index (Phi) is 4.32. The number of hydrogen-bond acceptors (Lipinski definition) is 3. The highest BCUT2D eigenvalue weighted by Crippen LogP contribution is 2.23. The molecule has 5 heteroatoms. The number of carbonyl (C=O) groups excluding carboxylic acids is 1. The van der Waals surface area contributed by atoms with Crippen LogP contribution in [0.1, 0.15) is 35.6 Å². The molecule has 0 unspecified atom stereocenters. The Morgan fingerprint density at radius 2 is 2.00 bits per heavy atom. The largest absolute Gasteiger partial charge is 0.294 e. The monoisotopic (exact) mass is 277 g/mol. The van der Waals surface area contributed by atoms with Crippen molar-refractivity contribution >= 4 is 17.4 Å². The maximum Gasteiger partial charge on any atom is 0.168 e. The summed E-state index contributed by atoms with van der Waals surface area (Å²) >= 11 is 6.29. The van der Waals surface area contributed by atoms with Crippen molar-refractivity contribution in [2.75, 3.05) is 0 Å². The van der Waals surface area contributed by atoms with E-state index in [1.807, 2.05) is 13.8 Å². The zero-order chi connectivity index (χ0) is 13.8. The number of Topliss-reactive ketones (excluding diaryl/α,β-unsaturated/α-hetero) is 1. The lowest BCUT2D eigenvalue weighted by Gasteiger charge is -2.04. The molecule has 0 aliphatic carbocycles. The maximum absolute atomic E-state index is 12.2. The predicted octanol–water partition coefficient (Wildman–Crippen LogP) is 2.94. The average Bonchev–Trinajstić information content (AvgIpc) is 2.76. The fraction of sp³-hybridized carbons (Fsp3) is 0.357. The Balaban J connectivity index is 2.28. The number of halogens is 1. The number of pyridine rings is 1. The Bertz CT molecular complexity index is 578. The van der Waals surface area contributed by atoms with Crippen LogP contribution in [0.5, 0.6) is 0 Å². The summed E-state index contributed by atoms with van der Waals surface area (Å²) in [5.41, 5.74) is 2.29. The topological polar surface area (TPSA) is 47.8 Å². The molecule has 0 saturated heterocycles. The molecular weight excluding hydrogens is 262 g/mol. The van der Waals surface area contributed by atoms with Crippen LogP contribution in [0.25, 0.3) is 0 Å². The van der Waals surface area contributed by atoms with Crippen molar-refractivity contribution in [2.24, 2.45) is 0 Å². The first-order valence-electron chi connectivity index (χ1n) is 6.34. The maximum atomic E-state index is 12.2. The van der Waals surface area contributed by atoms with E-state index in [2.05, 4.69) is 10.1 Å². The molecule has 100 valence electrons. The number of rotatable bonds is 5. The molecule has 2 heterocycles. The second-order valence-corrected chi connectivity index (χ2v) is 4.59. The van der Waals surface area contributed by atoms with Crippen molar-refractivity contribution in [3.63, 3.8) is 0 Å². The third-order valence-corrected chi connectivity index (χ3v) is 3.46. The van der Waals surface area contributed by atoms with Gasteiger partial charge in [-0.1, -0.05) is 18.5 Å². The van der Waals surface area contributed by atoms with Crippen LogP contribution in [0.3, 0.4) is 0 Å². The van der Waals surface area contributed by atoms with Gasteiger partial charge in [0.1, 0.15) is 0 Å². The smallest absolute Gasteiger partial charge is 0.168 e. The van der Waals surface area contributed by atoms with Gasteiger partial charge in [-0.15, -0.1) is 0 Å². The van der Waals surface area contributed by atoms with E-state index in [1.54, 1.807) is 29.2 Å². The molecule has 2 rings (SSSR count). The molecule has 2 aromatic rings. The Hall–Kier alpha value is -1.68. The molecule has 0 N–H and O–H groups in total. The van der Waals surface area contributed by atoms with Gasteiger partial charge in [0.2, 0.25) is 0 Å². The zero-order valence-corrected chi connectivity index (χ0v) is 11.8. The minimum absolute atomic E-state index is 0.0292. The summed E-state index contributed by atoms with van der Waals surface area (Å²) in [6.07, 6.45) is 4.26. The van der Waals surface area contributed by atoms with Crippen molar-refractivity contribution in [3.8, 4) is 0 Å². The van der Waals surface area contributed by atoms with Crippen molar-refractivity contribution < 1.29 is 4.79 Å². The van der Waals surface area contributed by atoms with Gasteiger partial charge in [0.15, 0.2) is 5.78 Å². The Labute approximate surface area is 117 Å². The number of carbonyl (C=O) groups is 1. The summed E-state index contributed by atoms with van der Waals surface area (Å²) in [6.45, 7) is 4.70. The fourth-order valence-corrected chi connectivity index (χ4v) is 2.31. The molecular formula is C14H16ClN3O. The minimum atomic E-state index is 0.0292. The SMILES string of the molecule is CCc1nn(CC)c(CC(=O)c2ccncc2)c1Cl. The molecule has 4 nitrogen and oxygen atoms in total. The van der Waals surface area contributed by atoms with E-state index in [0.717, 1.165) is 17.8 Å². The van der Waals surface area contributed by atoms with Gasteiger partial charge in [0.05, 0.1) is 22.8 Å². The predicted molar refractivity (Wildman–Crippen MR) is 74.6 cm³/mol. The van der Waals surface area contributed by atoms with E-state index in [4.69, 9.17) is 11.6 Å². The molecule has 0 aromatic carbocycles. The molecule has 0 spiro atoms. The Morgan fingerprint density at radius 3 is 2.58 bits per heavy atom. The summed E-state index contributed by atoms with van der Waals surface area (Å²) in [6, 6.07) is 3.42. The van der Waals surface area contributed by atoms with E-state index < -0.39 is 0 Å². The van der Waals surface area contributed by atoms with Gasteiger partial charge in [-0.2, -0.15) is 5.10 Å². The van der Waals surface area contributed by atoms with Crippen molar-refractivity contribution in [1.82, 2.24) is 14.8 Å². The van der Waals surface area contributed by atoms with Crippen molar-refractivity contribution in [2.45, 2.75) is 33.2 Å². The summed E-state index contributed by atoms with van der Waals surface area (Å²) in [4.78, 5) is 16.1. The number of ketones is 1. The Morgan fingerprint density at radius 1 is 1.32 bits per heavy atom. The summed E-state index contributed by atoms with van der Waals surface area (Å²) in [7, 11) is 0. The van der Waals surface area contributed by atoms with Gasteiger partial charge >= 0.3 is 0 Å².